The number of thiazole rings is 1. The normalized spacial score (nSPS) is 15.3. The van der Waals surface area contributed by atoms with Crippen molar-refractivity contribution < 1.29 is 22.7 Å². The number of carbonyl (C=O) groups excluding carboxylic acids is 1. The molecular weight excluding hydrogens is 442 g/mol. The van der Waals surface area contributed by atoms with Crippen molar-refractivity contribution in [2.75, 3.05) is 26.3 Å². The number of carbonyl (C=O) groups is 1. The molecule has 164 valence electrons. The van der Waals surface area contributed by atoms with Crippen LogP contribution in [0.25, 0.3) is 4.96 Å². The number of aryl methyl sites for hydroxylation is 2. The molecule has 3 heterocycles. The van der Waals surface area contributed by atoms with Gasteiger partial charge < -0.3 is 9.47 Å². The van der Waals surface area contributed by atoms with Crippen LogP contribution in [-0.4, -0.2) is 54.4 Å². The Labute approximate surface area is 182 Å². The molecule has 1 saturated heterocycles. The van der Waals surface area contributed by atoms with Gasteiger partial charge in [-0.15, -0.1) is 11.3 Å². The summed E-state index contributed by atoms with van der Waals surface area (Å²) in [7, 11) is -3.75. The van der Waals surface area contributed by atoms with Crippen LogP contribution in [0, 0.1) is 13.8 Å². The maximum atomic E-state index is 13.0. The lowest BCUT2D eigenvalue weighted by Gasteiger charge is -2.26. The van der Waals surface area contributed by atoms with Gasteiger partial charge in [0.05, 0.1) is 29.4 Å². The molecule has 3 aromatic rings. The zero-order chi connectivity index (χ0) is 22.2. The molecule has 1 aliphatic heterocycles. The second-order valence-corrected chi connectivity index (χ2v) is 9.90. The highest BCUT2D eigenvalue weighted by Crippen LogP contribution is 2.23. The van der Waals surface area contributed by atoms with Crippen molar-refractivity contribution in [1.82, 2.24) is 13.7 Å². The molecular formula is C20H21N3O6S2. The van der Waals surface area contributed by atoms with Crippen molar-refractivity contribution in [3.8, 4) is 0 Å². The average molecular weight is 464 g/mol. The zero-order valence-corrected chi connectivity index (χ0v) is 18.7. The minimum atomic E-state index is -3.75. The molecule has 9 nitrogen and oxygen atoms in total. The third-order valence-corrected chi connectivity index (χ3v) is 7.98. The maximum Gasteiger partial charge on any atom is 0.338 e. The Balaban J connectivity index is 1.54. The van der Waals surface area contributed by atoms with Crippen molar-refractivity contribution in [3.05, 3.63) is 62.5 Å². The highest BCUT2D eigenvalue weighted by molar-refractivity contribution is 7.89. The van der Waals surface area contributed by atoms with Gasteiger partial charge in [0.15, 0.2) is 4.96 Å². The number of ether oxygens (including phenoxy) is 2. The molecule has 0 amide bonds. The quantitative estimate of drug-likeness (QED) is 0.531. The van der Waals surface area contributed by atoms with E-state index in [1.54, 1.807) is 13.0 Å². The van der Waals surface area contributed by atoms with Gasteiger partial charge in [-0.25, -0.2) is 18.2 Å². The lowest BCUT2D eigenvalue weighted by Crippen LogP contribution is -2.40. The molecule has 31 heavy (non-hydrogen) atoms. The first-order valence-corrected chi connectivity index (χ1v) is 11.9. The summed E-state index contributed by atoms with van der Waals surface area (Å²) >= 11 is 1.32. The van der Waals surface area contributed by atoms with Crippen LogP contribution in [0.4, 0.5) is 0 Å². The zero-order valence-electron chi connectivity index (χ0n) is 17.0. The molecule has 0 aliphatic carbocycles. The Hall–Kier alpha value is -2.60. The molecule has 1 aliphatic rings. The second kappa shape index (κ2) is 8.50. The van der Waals surface area contributed by atoms with E-state index in [0.717, 1.165) is 5.69 Å². The van der Waals surface area contributed by atoms with Crippen molar-refractivity contribution in [1.29, 1.82) is 0 Å². The van der Waals surface area contributed by atoms with Crippen molar-refractivity contribution >= 4 is 32.3 Å². The van der Waals surface area contributed by atoms with E-state index in [1.165, 1.54) is 38.2 Å². The summed E-state index contributed by atoms with van der Waals surface area (Å²) in [6, 6.07) is 5.75. The summed E-state index contributed by atoms with van der Waals surface area (Å²) in [5.41, 5.74) is 1.52. The molecule has 0 radical (unpaired) electrons. The summed E-state index contributed by atoms with van der Waals surface area (Å²) < 4.78 is 39.4. The van der Waals surface area contributed by atoms with Crippen LogP contribution in [0.2, 0.25) is 0 Å². The number of aromatic nitrogens is 2. The third-order valence-electron chi connectivity index (χ3n) is 4.99. The minimum Gasteiger partial charge on any atom is -0.456 e. The number of benzene rings is 1. The first-order chi connectivity index (χ1) is 14.8. The van der Waals surface area contributed by atoms with Crippen LogP contribution in [0.15, 0.2) is 39.3 Å². The highest BCUT2D eigenvalue weighted by Gasteiger charge is 2.28. The number of esters is 1. The van der Waals surface area contributed by atoms with Crippen LogP contribution in [-0.2, 0) is 26.1 Å². The number of fused-ring (bicyclic) bond motifs is 1. The SMILES string of the molecule is Cc1ccc(C(=O)OCc2cc(=O)n3c(C)csc3n2)cc1S(=O)(=O)N1CCOCC1. The van der Waals surface area contributed by atoms with Gasteiger partial charge >= 0.3 is 5.97 Å². The van der Waals surface area contributed by atoms with E-state index in [-0.39, 0.29) is 35.7 Å². The predicted octanol–water partition coefficient (Wildman–Crippen LogP) is 1.75. The van der Waals surface area contributed by atoms with Gasteiger partial charge in [0, 0.05) is 30.2 Å². The van der Waals surface area contributed by atoms with E-state index in [4.69, 9.17) is 9.47 Å². The van der Waals surface area contributed by atoms with E-state index in [2.05, 4.69) is 4.98 Å². The van der Waals surface area contributed by atoms with Gasteiger partial charge in [-0.1, -0.05) is 6.07 Å². The van der Waals surface area contributed by atoms with Gasteiger partial charge in [-0.2, -0.15) is 4.31 Å². The summed E-state index contributed by atoms with van der Waals surface area (Å²) in [4.78, 5) is 29.8. The van der Waals surface area contributed by atoms with Crippen molar-refractivity contribution in [3.63, 3.8) is 0 Å². The fourth-order valence-electron chi connectivity index (χ4n) is 3.33. The largest absolute Gasteiger partial charge is 0.456 e. The molecule has 0 spiro atoms. The molecule has 0 N–H and O–H groups in total. The number of hydrogen-bond donors (Lipinski definition) is 0. The van der Waals surface area contributed by atoms with Gasteiger partial charge in [-0.3, -0.25) is 9.20 Å². The van der Waals surface area contributed by atoms with Gasteiger partial charge in [-0.05, 0) is 31.5 Å². The molecule has 1 fully saturated rings. The standard InChI is InChI=1S/C20H21N3O6S2/c1-13-3-4-15(9-17(13)31(26,27)22-5-7-28-8-6-22)19(25)29-11-16-10-18(24)23-14(2)12-30-20(23)21-16/h3-4,9-10,12H,5-8,11H2,1-2H3. The molecule has 1 aromatic carbocycles. The van der Waals surface area contributed by atoms with E-state index in [1.807, 2.05) is 12.3 Å². The number of rotatable bonds is 5. The van der Waals surface area contributed by atoms with E-state index >= 15 is 0 Å². The molecule has 0 saturated carbocycles. The van der Waals surface area contributed by atoms with E-state index < -0.39 is 16.0 Å². The van der Waals surface area contributed by atoms with Crippen LogP contribution in [0.5, 0.6) is 0 Å². The van der Waals surface area contributed by atoms with Gasteiger partial charge in [0.1, 0.15) is 6.61 Å². The molecule has 4 rings (SSSR count). The highest BCUT2D eigenvalue weighted by atomic mass is 32.2. The van der Waals surface area contributed by atoms with Gasteiger partial charge in [0.25, 0.3) is 5.56 Å². The first kappa shape index (κ1) is 21.6. The number of morpholine rings is 1. The average Bonchev–Trinajstić information content (AvgIpc) is 3.14. The molecule has 0 atom stereocenters. The smallest absolute Gasteiger partial charge is 0.338 e. The number of nitrogens with zero attached hydrogens (tertiary/aromatic N) is 3. The van der Waals surface area contributed by atoms with Crippen LogP contribution >= 0.6 is 11.3 Å². The van der Waals surface area contributed by atoms with E-state index in [0.29, 0.717) is 29.4 Å². The Morgan fingerprint density at radius 3 is 2.71 bits per heavy atom. The fraction of sp³-hybridized carbons (Fsp3) is 0.350. The van der Waals surface area contributed by atoms with Crippen LogP contribution < -0.4 is 5.56 Å². The van der Waals surface area contributed by atoms with E-state index in [9.17, 15) is 18.0 Å². The van der Waals surface area contributed by atoms with Crippen molar-refractivity contribution in [2.45, 2.75) is 25.3 Å². The summed E-state index contributed by atoms with van der Waals surface area (Å²) in [5.74, 6) is -0.692. The van der Waals surface area contributed by atoms with Crippen LogP contribution in [0.1, 0.15) is 27.3 Å². The number of hydrogen-bond acceptors (Lipinski definition) is 8. The number of sulfonamides is 1. The Morgan fingerprint density at radius 1 is 1.23 bits per heavy atom. The monoisotopic (exact) mass is 463 g/mol. The van der Waals surface area contributed by atoms with Crippen LogP contribution in [0.3, 0.4) is 0 Å². The Bertz CT molecular complexity index is 1310. The molecule has 11 heteroatoms. The fourth-order valence-corrected chi connectivity index (χ4v) is 5.88. The summed E-state index contributed by atoms with van der Waals surface area (Å²) in [6.07, 6.45) is 0. The molecule has 0 bridgehead atoms. The molecule has 0 unspecified atom stereocenters. The second-order valence-electron chi connectivity index (χ2n) is 7.15. The minimum absolute atomic E-state index is 0.0655. The Morgan fingerprint density at radius 2 is 1.97 bits per heavy atom. The first-order valence-electron chi connectivity index (χ1n) is 9.60. The maximum absolute atomic E-state index is 13.0. The Kier molecular flexibility index (Phi) is 5.93. The van der Waals surface area contributed by atoms with Gasteiger partial charge in [0.2, 0.25) is 10.0 Å². The topological polar surface area (TPSA) is 107 Å². The third kappa shape index (κ3) is 4.26. The summed E-state index contributed by atoms with van der Waals surface area (Å²) in [5, 5.41) is 1.82. The summed E-state index contributed by atoms with van der Waals surface area (Å²) in [6.45, 7) is 4.50. The lowest BCUT2D eigenvalue weighted by atomic mass is 10.1. The predicted molar refractivity (Wildman–Crippen MR) is 114 cm³/mol. The molecule has 2 aromatic heterocycles. The van der Waals surface area contributed by atoms with Crippen molar-refractivity contribution in [2.24, 2.45) is 0 Å². The lowest BCUT2D eigenvalue weighted by molar-refractivity contribution is 0.0467.